The predicted molar refractivity (Wildman–Crippen MR) is 93.6 cm³/mol. The van der Waals surface area contributed by atoms with Crippen LogP contribution in [0.2, 0.25) is 0 Å². The van der Waals surface area contributed by atoms with Crippen LogP contribution in [0.15, 0.2) is 58.2 Å². The minimum absolute atomic E-state index is 0.0342. The smallest absolute Gasteiger partial charge is 0.251 e. The minimum Gasteiger partial charge on any atom is -0.508 e. The summed E-state index contributed by atoms with van der Waals surface area (Å²) in [6.07, 6.45) is 0. The third kappa shape index (κ3) is 3.27. The van der Waals surface area contributed by atoms with E-state index >= 15 is 0 Å². The molecule has 0 bridgehead atoms. The predicted octanol–water partition coefficient (Wildman–Crippen LogP) is 2.95. The molecule has 0 atom stereocenters. The molecule has 0 saturated heterocycles. The summed E-state index contributed by atoms with van der Waals surface area (Å²) in [4.78, 5) is 12.0. The van der Waals surface area contributed by atoms with E-state index in [2.05, 4.69) is 0 Å². The number of aromatic hydroxyl groups is 1. The van der Waals surface area contributed by atoms with Crippen molar-refractivity contribution in [3.63, 3.8) is 0 Å². The maximum Gasteiger partial charge on any atom is 0.251 e. The molecule has 7 heteroatoms. The average molecular weight is 362 g/mol. The van der Waals surface area contributed by atoms with Gasteiger partial charge in [-0.25, -0.2) is 8.42 Å². The van der Waals surface area contributed by atoms with Crippen LogP contribution >= 0.6 is 11.3 Å². The van der Waals surface area contributed by atoms with Gasteiger partial charge in [-0.1, -0.05) is 23.5 Å². The zero-order valence-corrected chi connectivity index (χ0v) is 14.4. The van der Waals surface area contributed by atoms with E-state index in [-0.39, 0.29) is 16.4 Å². The van der Waals surface area contributed by atoms with Crippen molar-refractivity contribution < 1.29 is 18.3 Å². The molecule has 0 radical (unpaired) electrons. The number of phenols is 1. The molecule has 1 heterocycles. The third-order valence-corrected chi connectivity index (χ3v) is 6.33. The van der Waals surface area contributed by atoms with Crippen LogP contribution < -0.4 is 9.48 Å². The Morgan fingerprint density at radius 1 is 1.08 bits per heavy atom. The first-order valence-electron chi connectivity index (χ1n) is 7.01. The van der Waals surface area contributed by atoms with E-state index in [1.807, 2.05) is 0 Å². The molecule has 2 aromatic carbocycles. The van der Waals surface area contributed by atoms with E-state index in [9.17, 15) is 18.3 Å². The summed E-state index contributed by atoms with van der Waals surface area (Å²) in [6.45, 7) is 0. The van der Waals surface area contributed by atoms with Crippen LogP contribution in [0.4, 0.5) is 0 Å². The highest BCUT2D eigenvalue weighted by Gasteiger charge is 2.20. The van der Waals surface area contributed by atoms with Gasteiger partial charge in [-0.3, -0.25) is 4.79 Å². The number of fused-ring (bicyclic) bond motifs is 1. The summed E-state index contributed by atoms with van der Waals surface area (Å²) < 4.78 is 30.3. The fourth-order valence-electron chi connectivity index (χ4n) is 2.32. The highest BCUT2D eigenvalue weighted by molar-refractivity contribution is 7.90. The molecule has 0 aliphatic carbocycles. The summed E-state index contributed by atoms with van der Waals surface area (Å²) in [6, 6.07) is 12.5. The van der Waals surface area contributed by atoms with Crippen molar-refractivity contribution in [3.8, 4) is 11.5 Å². The normalized spacial score (nSPS) is 11.5. The Balaban J connectivity index is 2.02. The van der Waals surface area contributed by atoms with Crippen LogP contribution in [-0.2, 0) is 15.6 Å². The SMILES string of the molecule is COc1ccc(CS(=O)(=O)c2cc3ccc(O)cc3sc2=O)cc1. The number of hydrogen-bond acceptors (Lipinski definition) is 6. The van der Waals surface area contributed by atoms with Crippen molar-refractivity contribution >= 4 is 31.3 Å². The Bertz CT molecular complexity index is 1050. The van der Waals surface area contributed by atoms with Gasteiger partial charge in [-0.15, -0.1) is 0 Å². The molecule has 0 unspecified atom stereocenters. The van der Waals surface area contributed by atoms with Crippen LogP contribution in [0.5, 0.6) is 11.5 Å². The third-order valence-electron chi connectivity index (χ3n) is 3.54. The first kappa shape index (κ1) is 16.5. The van der Waals surface area contributed by atoms with Gasteiger partial charge in [0.2, 0.25) is 0 Å². The van der Waals surface area contributed by atoms with E-state index in [0.29, 0.717) is 21.4 Å². The van der Waals surface area contributed by atoms with Crippen LogP contribution in [0.3, 0.4) is 0 Å². The number of methoxy groups -OCH3 is 1. The van der Waals surface area contributed by atoms with Gasteiger partial charge in [-0.05, 0) is 47.3 Å². The van der Waals surface area contributed by atoms with Gasteiger partial charge in [0.05, 0.1) is 12.9 Å². The number of benzene rings is 2. The fourth-order valence-corrected chi connectivity index (χ4v) is 4.95. The molecular formula is C17H14O5S2. The molecule has 3 rings (SSSR count). The summed E-state index contributed by atoms with van der Waals surface area (Å²) in [5, 5.41) is 10.1. The van der Waals surface area contributed by atoms with E-state index in [0.717, 1.165) is 11.3 Å². The van der Waals surface area contributed by atoms with Crippen molar-refractivity contribution in [2.75, 3.05) is 7.11 Å². The monoisotopic (exact) mass is 362 g/mol. The molecule has 5 nitrogen and oxygen atoms in total. The van der Waals surface area contributed by atoms with Gasteiger partial charge in [0.25, 0.3) is 4.74 Å². The molecule has 0 saturated carbocycles. The van der Waals surface area contributed by atoms with Crippen LogP contribution in [0, 0.1) is 0 Å². The summed E-state index contributed by atoms with van der Waals surface area (Å²) >= 11 is 0.811. The summed E-state index contributed by atoms with van der Waals surface area (Å²) in [7, 11) is -2.24. The van der Waals surface area contributed by atoms with Gasteiger partial charge < -0.3 is 9.84 Å². The van der Waals surface area contributed by atoms with Crippen molar-refractivity contribution in [2.45, 2.75) is 10.6 Å². The zero-order valence-electron chi connectivity index (χ0n) is 12.7. The van der Waals surface area contributed by atoms with Crippen LogP contribution in [0.25, 0.3) is 10.1 Å². The Kier molecular flexibility index (Phi) is 4.29. The molecule has 24 heavy (non-hydrogen) atoms. The van der Waals surface area contributed by atoms with E-state index in [1.54, 1.807) is 30.3 Å². The van der Waals surface area contributed by atoms with E-state index < -0.39 is 14.6 Å². The standard InChI is InChI=1S/C17H14O5S2/c1-22-14-6-2-11(3-7-14)10-24(20,21)16-8-12-4-5-13(18)9-15(12)23-17(16)19/h2-9,18H,10H2,1H3. The molecule has 3 aromatic rings. The number of rotatable bonds is 4. The Hall–Kier alpha value is -2.38. The molecule has 1 N–H and O–H groups in total. The molecule has 0 aliphatic rings. The second kappa shape index (κ2) is 6.26. The van der Waals surface area contributed by atoms with Crippen molar-refractivity contribution in [1.82, 2.24) is 0 Å². The van der Waals surface area contributed by atoms with Crippen molar-refractivity contribution in [3.05, 3.63) is 63.6 Å². The minimum atomic E-state index is -3.77. The molecule has 124 valence electrons. The summed E-state index contributed by atoms with van der Waals surface area (Å²) in [5.74, 6) is 0.406. The van der Waals surface area contributed by atoms with E-state index in [1.165, 1.54) is 25.3 Å². The highest BCUT2D eigenvalue weighted by Crippen LogP contribution is 2.25. The van der Waals surface area contributed by atoms with Gasteiger partial charge in [-0.2, -0.15) is 0 Å². The maximum atomic E-state index is 12.6. The lowest BCUT2D eigenvalue weighted by Gasteiger charge is -2.06. The maximum absolute atomic E-state index is 12.6. The van der Waals surface area contributed by atoms with Crippen molar-refractivity contribution in [2.24, 2.45) is 0 Å². The molecule has 0 amide bonds. The number of phenolic OH excluding ortho intramolecular Hbond substituents is 1. The fraction of sp³-hybridized carbons (Fsp3) is 0.118. The quantitative estimate of drug-likeness (QED) is 0.772. The first-order valence-corrected chi connectivity index (χ1v) is 9.48. The molecular weight excluding hydrogens is 348 g/mol. The first-order chi connectivity index (χ1) is 11.4. The lowest BCUT2D eigenvalue weighted by Crippen LogP contribution is -2.14. The Labute approximate surface area is 142 Å². The van der Waals surface area contributed by atoms with Crippen LogP contribution in [-0.4, -0.2) is 20.6 Å². The van der Waals surface area contributed by atoms with Gasteiger partial charge in [0.15, 0.2) is 9.84 Å². The zero-order chi connectivity index (χ0) is 17.3. The lowest BCUT2D eigenvalue weighted by atomic mass is 10.2. The Morgan fingerprint density at radius 2 is 1.79 bits per heavy atom. The molecule has 0 spiro atoms. The lowest BCUT2D eigenvalue weighted by molar-refractivity contribution is 0.414. The molecule has 0 fully saturated rings. The largest absolute Gasteiger partial charge is 0.508 e. The topological polar surface area (TPSA) is 80.7 Å². The van der Waals surface area contributed by atoms with Gasteiger partial charge in [0.1, 0.15) is 16.4 Å². The van der Waals surface area contributed by atoms with Crippen molar-refractivity contribution in [1.29, 1.82) is 0 Å². The van der Waals surface area contributed by atoms with Gasteiger partial charge >= 0.3 is 0 Å². The second-order valence-corrected chi connectivity index (χ2v) is 8.20. The number of hydrogen-bond donors (Lipinski definition) is 1. The summed E-state index contributed by atoms with van der Waals surface area (Å²) in [5.41, 5.74) is 0.575. The highest BCUT2D eigenvalue weighted by atomic mass is 32.2. The average Bonchev–Trinajstić information content (AvgIpc) is 2.54. The Morgan fingerprint density at radius 3 is 2.46 bits per heavy atom. The van der Waals surface area contributed by atoms with Gasteiger partial charge in [0, 0.05) is 4.70 Å². The number of sulfone groups is 1. The molecule has 0 aliphatic heterocycles. The molecule has 1 aromatic heterocycles. The van der Waals surface area contributed by atoms with Crippen LogP contribution in [0.1, 0.15) is 5.56 Å². The van der Waals surface area contributed by atoms with E-state index in [4.69, 9.17) is 4.74 Å². The second-order valence-electron chi connectivity index (χ2n) is 5.23. The number of ether oxygens (including phenoxy) is 1.